The largest absolute Gasteiger partial charge is 0.368 e. The summed E-state index contributed by atoms with van der Waals surface area (Å²) in [4.78, 5) is 21.6. The Morgan fingerprint density at radius 2 is 2.00 bits per heavy atom. The van der Waals surface area contributed by atoms with Crippen LogP contribution in [0.25, 0.3) is 0 Å². The lowest BCUT2D eigenvalue weighted by atomic mass is 9.90. The number of nitrogens with zero attached hydrogens (tertiary/aromatic N) is 4. The zero-order chi connectivity index (χ0) is 16.3. The molecule has 0 radical (unpaired) electrons. The first-order chi connectivity index (χ1) is 11.2. The highest BCUT2D eigenvalue weighted by atomic mass is 32.1. The van der Waals surface area contributed by atoms with Crippen LogP contribution < -0.4 is 10.2 Å². The molecule has 8 heteroatoms. The molecule has 0 atom stereocenters. The summed E-state index contributed by atoms with van der Waals surface area (Å²) in [7, 11) is 1.66. The molecule has 2 fully saturated rings. The molecular weight excluding hydrogens is 314 g/mol. The Labute approximate surface area is 141 Å². The summed E-state index contributed by atoms with van der Waals surface area (Å²) in [6.45, 7) is 6.79. The molecule has 3 rings (SSSR count). The number of ether oxygens (including phenoxy) is 1. The van der Waals surface area contributed by atoms with Gasteiger partial charge in [0.2, 0.25) is 5.13 Å². The van der Waals surface area contributed by atoms with Gasteiger partial charge in [0, 0.05) is 51.2 Å². The lowest BCUT2D eigenvalue weighted by Gasteiger charge is -2.42. The monoisotopic (exact) mass is 339 g/mol. The van der Waals surface area contributed by atoms with Crippen LogP contribution in [-0.4, -0.2) is 72.1 Å². The number of rotatable bonds is 4. The van der Waals surface area contributed by atoms with Crippen molar-refractivity contribution < 1.29 is 9.53 Å². The predicted octanol–water partition coefficient (Wildman–Crippen LogP) is 0.518. The highest BCUT2D eigenvalue weighted by Crippen LogP contribution is 2.27. The average Bonchev–Trinajstić information content (AvgIpc) is 3.11. The van der Waals surface area contributed by atoms with E-state index in [0.29, 0.717) is 0 Å². The van der Waals surface area contributed by atoms with Crippen molar-refractivity contribution in [1.82, 2.24) is 19.6 Å². The second-order valence-corrected chi connectivity index (χ2v) is 6.80. The summed E-state index contributed by atoms with van der Waals surface area (Å²) in [5.41, 5.74) is -0.633. The summed E-state index contributed by atoms with van der Waals surface area (Å²) >= 11 is 1.45. The number of hydrogen-bond acceptors (Lipinski definition) is 7. The number of piperidine rings is 1. The summed E-state index contributed by atoms with van der Waals surface area (Å²) in [5, 5.41) is 4.26. The smallest absolute Gasteiger partial charge is 0.255 e. The molecule has 2 saturated heterocycles. The summed E-state index contributed by atoms with van der Waals surface area (Å²) in [6, 6.07) is 0. The number of amides is 1. The Bertz CT molecular complexity index is 536. The molecule has 0 bridgehead atoms. The highest BCUT2D eigenvalue weighted by molar-refractivity contribution is 7.09. The fourth-order valence-corrected chi connectivity index (χ4v) is 4.04. The summed E-state index contributed by atoms with van der Waals surface area (Å²) < 4.78 is 10.0. The Balaban J connectivity index is 1.60. The molecule has 0 aliphatic carbocycles. The van der Waals surface area contributed by atoms with Crippen molar-refractivity contribution in [3.05, 3.63) is 5.82 Å². The number of aryl methyl sites for hydroxylation is 1. The quantitative estimate of drug-likeness (QED) is 0.862. The first-order valence-corrected chi connectivity index (χ1v) is 9.08. The van der Waals surface area contributed by atoms with Crippen LogP contribution >= 0.6 is 11.5 Å². The summed E-state index contributed by atoms with van der Waals surface area (Å²) in [5.74, 6) is 1.05. The number of aromatic nitrogens is 2. The van der Waals surface area contributed by atoms with E-state index in [9.17, 15) is 4.79 Å². The van der Waals surface area contributed by atoms with Gasteiger partial charge in [-0.2, -0.15) is 4.37 Å². The van der Waals surface area contributed by atoms with Gasteiger partial charge in [0.15, 0.2) is 0 Å². The lowest BCUT2D eigenvalue weighted by Crippen LogP contribution is -2.59. The normalized spacial score (nSPS) is 21.5. The number of carbonyl (C=O) groups excluding carboxylic acids is 1. The molecule has 23 heavy (non-hydrogen) atoms. The Morgan fingerprint density at radius 3 is 2.57 bits per heavy atom. The van der Waals surface area contributed by atoms with E-state index in [4.69, 9.17) is 4.74 Å². The summed E-state index contributed by atoms with van der Waals surface area (Å²) in [6.07, 6.45) is 2.36. The van der Waals surface area contributed by atoms with Crippen molar-refractivity contribution in [3.63, 3.8) is 0 Å². The van der Waals surface area contributed by atoms with Crippen molar-refractivity contribution in [2.24, 2.45) is 0 Å². The zero-order valence-corrected chi connectivity index (χ0v) is 14.7. The fourth-order valence-electron chi connectivity index (χ4n) is 3.24. The highest BCUT2D eigenvalue weighted by Gasteiger charge is 2.43. The van der Waals surface area contributed by atoms with Crippen LogP contribution in [0.3, 0.4) is 0 Å². The van der Waals surface area contributed by atoms with Crippen molar-refractivity contribution in [1.29, 1.82) is 0 Å². The maximum atomic E-state index is 12.9. The topological polar surface area (TPSA) is 70.6 Å². The molecule has 7 nitrogen and oxygen atoms in total. The van der Waals surface area contributed by atoms with E-state index in [1.54, 1.807) is 7.11 Å². The van der Waals surface area contributed by atoms with E-state index >= 15 is 0 Å². The van der Waals surface area contributed by atoms with Gasteiger partial charge in [-0.1, -0.05) is 6.92 Å². The molecule has 0 unspecified atom stereocenters. The van der Waals surface area contributed by atoms with Crippen molar-refractivity contribution in [2.45, 2.75) is 31.8 Å². The third-order valence-electron chi connectivity index (χ3n) is 4.80. The SMILES string of the molecule is CCc1nsc(N2CCN(C(=O)C3(OC)CCNCC3)CC2)n1. The van der Waals surface area contributed by atoms with E-state index in [1.165, 1.54) is 11.5 Å². The van der Waals surface area contributed by atoms with Gasteiger partial charge in [-0.3, -0.25) is 4.79 Å². The Morgan fingerprint density at radius 1 is 1.30 bits per heavy atom. The fraction of sp³-hybridized carbons (Fsp3) is 0.800. The molecule has 3 heterocycles. The van der Waals surface area contributed by atoms with Crippen LogP contribution in [0.15, 0.2) is 0 Å². The molecule has 128 valence electrons. The van der Waals surface area contributed by atoms with Gasteiger partial charge in [0.25, 0.3) is 5.91 Å². The van der Waals surface area contributed by atoms with E-state index < -0.39 is 5.60 Å². The molecular formula is C15H25N5O2S. The van der Waals surface area contributed by atoms with Crippen LogP contribution in [0, 0.1) is 0 Å². The van der Waals surface area contributed by atoms with Crippen molar-refractivity contribution in [2.75, 3.05) is 51.3 Å². The molecule has 1 amide bonds. The first-order valence-electron chi connectivity index (χ1n) is 8.31. The maximum absolute atomic E-state index is 12.9. The number of piperazine rings is 1. The van der Waals surface area contributed by atoms with Gasteiger partial charge in [0.1, 0.15) is 11.4 Å². The minimum atomic E-state index is -0.633. The molecule has 1 aromatic heterocycles. The van der Waals surface area contributed by atoms with Crippen LogP contribution in [-0.2, 0) is 16.0 Å². The van der Waals surface area contributed by atoms with Crippen LogP contribution in [0.2, 0.25) is 0 Å². The van der Waals surface area contributed by atoms with Gasteiger partial charge in [-0.05, 0) is 25.9 Å². The van der Waals surface area contributed by atoms with Crippen LogP contribution in [0.4, 0.5) is 5.13 Å². The number of hydrogen-bond donors (Lipinski definition) is 1. The van der Waals surface area contributed by atoms with Gasteiger partial charge in [-0.15, -0.1) is 0 Å². The van der Waals surface area contributed by atoms with Crippen LogP contribution in [0.5, 0.6) is 0 Å². The lowest BCUT2D eigenvalue weighted by molar-refractivity contribution is -0.158. The van der Waals surface area contributed by atoms with Crippen molar-refractivity contribution in [3.8, 4) is 0 Å². The third kappa shape index (κ3) is 3.34. The van der Waals surface area contributed by atoms with E-state index in [0.717, 1.165) is 69.5 Å². The minimum absolute atomic E-state index is 0.146. The van der Waals surface area contributed by atoms with Crippen molar-refractivity contribution >= 4 is 22.6 Å². The number of methoxy groups -OCH3 is 1. The van der Waals surface area contributed by atoms with Gasteiger partial charge >= 0.3 is 0 Å². The zero-order valence-electron chi connectivity index (χ0n) is 13.9. The second-order valence-electron chi connectivity index (χ2n) is 6.07. The van der Waals surface area contributed by atoms with Crippen LogP contribution in [0.1, 0.15) is 25.6 Å². The van der Waals surface area contributed by atoms with E-state index in [-0.39, 0.29) is 5.91 Å². The minimum Gasteiger partial charge on any atom is -0.368 e. The maximum Gasteiger partial charge on any atom is 0.255 e. The first kappa shape index (κ1) is 16.6. The molecule has 0 aromatic carbocycles. The Hall–Kier alpha value is -1.25. The molecule has 1 N–H and O–H groups in total. The second kappa shape index (κ2) is 7.11. The predicted molar refractivity (Wildman–Crippen MR) is 89.9 cm³/mol. The number of anilines is 1. The van der Waals surface area contributed by atoms with Gasteiger partial charge in [0.05, 0.1) is 0 Å². The molecule has 2 aliphatic rings. The standard InChI is InChI=1S/C15H25N5O2S/c1-3-12-17-14(23-18-12)20-10-8-19(9-11-20)13(21)15(22-2)4-6-16-7-5-15/h16H,3-11H2,1-2H3. The van der Waals surface area contributed by atoms with Gasteiger partial charge < -0.3 is 19.9 Å². The average molecular weight is 339 g/mol. The number of nitrogens with one attached hydrogen (secondary N) is 1. The molecule has 0 saturated carbocycles. The van der Waals surface area contributed by atoms with Gasteiger partial charge in [-0.25, -0.2) is 4.98 Å². The molecule has 2 aliphatic heterocycles. The van der Waals surface area contributed by atoms with E-state index in [1.807, 2.05) is 4.90 Å². The molecule has 1 aromatic rings. The number of carbonyl (C=O) groups is 1. The Kier molecular flexibility index (Phi) is 5.13. The molecule has 0 spiro atoms. The third-order valence-corrected chi connectivity index (χ3v) is 5.62. The van der Waals surface area contributed by atoms with E-state index in [2.05, 4.69) is 26.5 Å².